The predicted octanol–water partition coefficient (Wildman–Crippen LogP) is 2.80. The standard InChI is InChI=1S/C23H15N3O4S/c1-2-11-25-13-15(17-5-3-4-6-19(17)25)12-18-20(27)24-23(31)26(21(18)28)16-9-7-14(8-10-16)22(29)30/h1,3-10,12-13H,11H2,(H,29,30)(H,24,27,31)/b18-12+. The van der Waals surface area contributed by atoms with Crippen LogP contribution in [0.3, 0.4) is 0 Å². The number of amides is 2. The van der Waals surface area contributed by atoms with Gasteiger partial charge in [0.15, 0.2) is 5.11 Å². The van der Waals surface area contributed by atoms with Crippen LogP contribution in [-0.2, 0) is 16.1 Å². The van der Waals surface area contributed by atoms with Crippen LogP contribution in [0.2, 0.25) is 0 Å². The molecule has 2 aromatic carbocycles. The molecule has 0 aliphatic carbocycles. The van der Waals surface area contributed by atoms with E-state index in [0.29, 0.717) is 17.8 Å². The Morgan fingerprint density at radius 2 is 1.87 bits per heavy atom. The minimum Gasteiger partial charge on any atom is -0.478 e. The van der Waals surface area contributed by atoms with Crippen LogP contribution in [-0.4, -0.2) is 32.6 Å². The summed E-state index contributed by atoms with van der Waals surface area (Å²) in [4.78, 5) is 38.0. The van der Waals surface area contributed by atoms with Gasteiger partial charge in [0.1, 0.15) is 5.57 Å². The van der Waals surface area contributed by atoms with Crippen LogP contribution in [0.25, 0.3) is 17.0 Å². The zero-order valence-corrected chi connectivity index (χ0v) is 16.8. The molecule has 0 atom stereocenters. The second-order valence-electron chi connectivity index (χ2n) is 6.74. The zero-order chi connectivity index (χ0) is 22.1. The first-order valence-electron chi connectivity index (χ1n) is 9.17. The molecule has 7 nitrogen and oxygen atoms in total. The molecule has 152 valence electrons. The number of aromatic carboxylic acids is 1. The molecule has 0 spiro atoms. The van der Waals surface area contributed by atoms with Crippen LogP contribution in [0, 0.1) is 12.3 Å². The van der Waals surface area contributed by atoms with Crippen LogP contribution in [0.15, 0.2) is 60.3 Å². The van der Waals surface area contributed by atoms with Crippen molar-refractivity contribution in [3.63, 3.8) is 0 Å². The van der Waals surface area contributed by atoms with Gasteiger partial charge in [-0.2, -0.15) is 0 Å². The van der Waals surface area contributed by atoms with E-state index in [1.165, 1.54) is 30.3 Å². The van der Waals surface area contributed by atoms with Crippen molar-refractivity contribution >= 4 is 57.8 Å². The van der Waals surface area contributed by atoms with Crippen LogP contribution in [0.4, 0.5) is 5.69 Å². The Bertz CT molecular complexity index is 1330. The molecule has 1 aliphatic heterocycles. The van der Waals surface area contributed by atoms with Gasteiger partial charge in [0.05, 0.1) is 17.8 Å². The van der Waals surface area contributed by atoms with Crippen LogP contribution >= 0.6 is 12.2 Å². The summed E-state index contributed by atoms with van der Waals surface area (Å²) in [5.74, 6) is 0.285. The summed E-state index contributed by atoms with van der Waals surface area (Å²) in [6.45, 7) is 0.343. The van der Waals surface area contributed by atoms with Gasteiger partial charge in [-0.3, -0.25) is 19.8 Å². The van der Waals surface area contributed by atoms with Crippen LogP contribution < -0.4 is 10.2 Å². The third-order valence-corrected chi connectivity index (χ3v) is 5.14. The van der Waals surface area contributed by atoms with Crippen LogP contribution in [0.5, 0.6) is 0 Å². The van der Waals surface area contributed by atoms with Gasteiger partial charge in [-0.25, -0.2) is 4.79 Å². The summed E-state index contributed by atoms with van der Waals surface area (Å²) in [6.07, 6.45) is 8.75. The Morgan fingerprint density at radius 1 is 1.16 bits per heavy atom. The van der Waals surface area contributed by atoms with Crippen molar-refractivity contribution in [2.24, 2.45) is 0 Å². The van der Waals surface area contributed by atoms with Crippen LogP contribution in [0.1, 0.15) is 15.9 Å². The molecule has 3 aromatic rings. The summed E-state index contributed by atoms with van der Waals surface area (Å²) >= 11 is 5.18. The first kappa shape index (κ1) is 20.1. The fourth-order valence-electron chi connectivity index (χ4n) is 3.42. The summed E-state index contributed by atoms with van der Waals surface area (Å²) < 4.78 is 1.86. The fourth-order valence-corrected chi connectivity index (χ4v) is 3.70. The zero-order valence-electron chi connectivity index (χ0n) is 16.0. The Balaban J connectivity index is 1.77. The van der Waals surface area contributed by atoms with E-state index >= 15 is 0 Å². The first-order chi connectivity index (χ1) is 14.9. The lowest BCUT2D eigenvalue weighted by atomic mass is 10.1. The Hall–Kier alpha value is -4.22. The lowest BCUT2D eigenvalue weighted by molar-refractivity contribution is -0.122. The molecule has 1 aliphatic rings. The van der Waals surface area contributed by atoms with Crippen molar-refractivity contribution in [1.82, 2.24) is 9.88 Å². The number of aromatic nitrogens is 1. The van der Waals surface area contributed by atoms with E-state index in [-0.39, 0.29) is 16.2 Å². The monoisotopic (exact) mass is 429 g/mol. The second kappa shape index (κ2) is 7.89. The highest BCUT2D eigenvalue weighted by Crippen LogP contribution is 2.26. The highest BCUT2D eigenvalue weighted by atomic mass is 32.1. The van der Waals surface area contributed by atoms with Crippen molar-refractivity contribution < 1.29 is 19.5 Å². The van der Waals surface area contributed by atoms with Gasteiger partial charge in [-0.1, -0.05) is 24.1 Å². The highest BCUT2D eigenvalue weighted by Gasteiger charge is 2.34. The maximum Gasteiger partial charge on any atom is 0.335 e. The van der Waals surface area contributed by atoms with Crippen molar-refractivity contribution in [1.29, 1.82) is 0 Å². The van der Waals surface area contributed by atoms with E-state index in [4.69, 9.17) is 23.7 Å². The molecule has 1 fully saturated rings. The Labute approximate surface area is 182 Å². The molecule has 2 amide bonds. The molecule has 0 radical (unpaired) electrons. The lowest BCUT2D eigenvalue weighted by Gasteiger charge is -2.28. The predicted molar refractivity (Wildman–Crippen MR) is 120 cm³/mol. The minimum absolute atomic E-state index is 0.0697. The molecular weight excluding hydrogens is 414 g/mol. The molecule has 2 heterocycles. The maximum atomic E-state index is 13.2. The van der Waals surface area contributed by atoms with E-state index in [1.807, 2.05) is 28.8 Å². The molecule has 8 heteroatoms. The maximum absolute atomic E-state index is 13.2. The number of nitrogens with one attached hydrogen (secondary N) is 1. The number of benzene rings is 2. The number of carbonyl (C=O) groups excluding carboxylic acids is 2. The molecule has 1 saturated heterocycles. The average Bonchev–Trinajstić information content (AvgIpc) is 3.09. The number of hydrogen-bond acceptors (Lipinski definition) is 4. The number of carboxylic acids is 1. The molecule has 31 heavy (non-hydrogen) atoms. The van der Waals surface area contributed by atoms with E-state index in [9.17, 15) is 14.4 Å². The third-order valence-electron chi connectivity index (χ3n) is 4.86. The minimum atomic E-state index is -1.09. The third kappa shape index (κ3) is 3.58. The summed E-state index contributed by atoms with van der Waals surface area (Å²) in [5, 5.41) is 12.4. The number of nitrogens with zero attached hydrogens (tertiary/aromatic N) is 2. The SMILES string of the molecule is C#CCn1cc(/C=C2\C(=O)NC(=S)N(c3ccc(C(=O)O)cc3)C2=O)c2ccccc21. The van der Waals surface area contributed by atoms with Gasteiger partial charge in [0.25, 0.3) is 11.8 Å². The first-order valence-corrected chi connectivity index (χ1v) is 9.57. The number of fused-ring (bicyclic) bond motifs is 1. The van der Waals surface area contributed by atoms with Gasteiger partial charge >= 0.3 is 5.97 Å². The molecule has 2 N–H and O–H groups in total. The quantitative estimate of drug-likeness (QED) is 0.288. The van der Waals surface area contributed by atoms with Crippen molar-refractivity contribution in [2.45, 2.75) is 6.54 Å². The fraction of sp³-hybridized carbons (Fsp3) is 0.0435. The number of thiocarbonyl (C=S) groups is 1. The van der Waals surface area contributed by atoms with E-state index in [1.54, 1.807) is 6.20 Å². The average molecular weight is 429 g/mol. The number of rotatable bonds is 4. The largest absolute Gasteiger partial charge is 0.478 e. The van der Waals surface area contributed by atoms with Gasteiger partial charge in [-0.05, 0) is 48.6 Å². The number of anilines is 1. The summed E-state index contributed by atoms with van der Waals surface area (Å²) in [6, 6.07) is 13.2. The number of carboxylic acid groups (broad SMARTS) is 1. The normalized spacial score (nSPS) is 15.3. The molecule has 0 unspecified atom stereocenters. The van der Waals surface area contributed by atoms with Crippen molar-refractivity contribution in [2.75, 3.05) is 4.90 Å². The Kier molecular flexibility index (Phi) is 5.11. The van der Waals surface area contributed by atoms with E-state index < -0.39 is 17.8 Å². The Morgan fingerprint density at radius 3 is 2.55 bits per heavy atom. The number of carbonyl (C=O) groups is 3. The topological polar surface area (TPSA) is 91.6 Å². The molecule has 0 saturated carbocycles. The van der Waals surface area contributed by atoms with Crippen molar-refractivity contribution in [3.05, 3.63) is 71.4 Å². The number of hydrogen-bond donors (Lipinski definition) is 2. The number of terminal acetylenes is 1. The van der Waals surface area contributed by atoms with Gasteiger partial charge < -0.3 is 9.67 Å². The summed E-state index contributed by atoms with van der Waals surface area (Å²) in [7, 11) is 0. The van der Waals surface area contributed by atoms with E-state index in [2.05, 4.69) is 11.2 Å². The van der Waals surface area contributed by atoms with E-state index in [0.717, 1.165) is 15.8 Å². The molecule has 0 bridgehead atoms. The second-order valence-corrected chi connectivity index (χ2v) is 7.13. The van der Waals surface area contributed by atoms with Gasteiger partial charge in [-0.15, -0.1) is 6.42 Å². The summed E-state index contributed by atoms with van der Waals surface area (Å²) in [5.41, 5.74) is 1.87. The highest BCUT2D eigenvalue weighted by molar-refractivity contribution is 7.80. The smallest absolute Gasteiger partial charge is 0.335 e. The van der Waals surface area contributed by atoms with Crippen molar-refractivity contribution in [3.8, 4) is 12.3 Å². The van der Waals surface area contributed by atoms with Gasteiger partial charge in [0, 0.05) is 22.7 Å². The molecular formula is C23H15N3O4S. The molecule has 4 rings (SSSR count). The lowest BCUT2D eigenvalue weighted by Crippen LogP contribution is -2.54. The molecule has 1 aromatic heterocycles. The van der Waals surface area contributed by atoms with Gasteiger partial charge in [0.2, 0.25) is 0 Å². The number of para-hydroxylation sites is 1.